The van der Waals surface area contributed by atoms with Crippen LogP contribution in [0.2, 0.25) is 0 Å². The molecule has 0 aliphatic carbocycles. The van der Waals surface area contributed by atoms with Crippen molar-refractivity contribution in [2.45, 2.75) is 6.92 Å². The Morgan fingerprint density at radius 2 is 2.55 bits per heavy atom. The van der Waals surface area contributed by atoms with Crippen molar-refractivity contribution < 1.29 is 4.74 Å². The second-order valence-corrected chi connectivity index (χ2v) is 2.67. The van der Waals surface area contributed by atoms with Crippen molar-refractivity contribution in [2.24, 2.45) is 16.6 Å². The monoisotopic (exact) mass is 154 g/mol. The number of methoxy groups -OCH3 is 1. The summed E-state index contributed by atoms with van der Waals surface area (Å²) in [5.74, 6) is 1.24. The maximum Gasteiger partial charge on any atom is 0.103 e. The van der Waals surface area contributed by atoms with E-state index in [1.807, 2.05) is 13.0 Å². The second-order valence-electron chi connectivity index (χ2n) is 2.67. The average Bonchev–Trinajstić information content (AvgIpc) is 2.04. The van der Waals surface area contributed by atoms with E-state index >= 15 is 0 Å². The highest BCUT2D eigenvalue weighted by Crippen LogP contribution is 2.15. The number of ether oxygens (including phenoxy) is 1. The number of allylic oxidation sites excluding steroid dienone is 1. The quantitative estimate of drug-likeness (QED) is 0.632. The molecule has 0 aromatic carbocycles. The summed E-state index contributed by atoms with van der Waals surface area (Å²) in [5.41, 5.74) is 6.54. The van der Waals surface area contributed by atoms with Crippen molar-refractivity contribution in [3.63, 3.8) is 0 Å². The van der Waals surface area contributed by atoms with Crippen molar-refractivity contribution in [1.29, 1.82) is 0 Å². The number of dihydropyridines is 1. The molecule has 0 saturated heterocycles. The van der Waals surface area contributed by atoms with Crippen LogP contribution in [0.1, 0.15) is 6.92 Å². The highest BCUT2D eigenvalue weighted by atomic mass is 16.5. The fourth-order valence-corrected chi connectivity index (χ4v) is 1.13. The minimum Gasteiger partial charge on any atom is -0.501 e. The van der Waals surface area contributed by atoms with Crippen LogP contribution in [0, 0.1) is 5.92 Å². The van der Waals surface area contributed by atoms with Gasteiger partial charge in [-0.3, -0.25) is 4.99 Å². The molecular formula is C8H14N2O. The first-order valence-electron chi connectivity index (χ1n) is 3.74. The van der Waals surface area contributed by atoms with E-state index in [0.29, 0.717) is 6.54 Å². The van der Waals surface area contributed by atoms with E-state index in [0.717, 1.165) is 18.0 Å². The molecule has 2 N–H and O–H groups in total. The molecule has 1 rings (SSSR count). The number of nitrogens with two attached hydrogens (primary N) is 1. The van der Waals surface area contributed by atoms with Crippen LogP contribution < -0.4 is 5.73 Å². The molecule has 0 radical (unpaired) electrons. The van der Waals surface area contributed by atoms with Gasteiger partial charge in [-0.2, -0.15) is 0 Å². The van der Waals surface area contributed by atoms with Gasteiger partial charge in [0, 0.05) is 18.2 Å². The van der Waals surface area contributed by atoms with E-state index in [2.05, 4.69) is 4.99 Å². The highest BCUT2D eigenvalue weighted by molar-refractivity contribution is 5.93. The van der Waals surface area contributed by atoms with E-state index in [1.54, 1.807) is 7.11 Å². The SMILES string of the molecule is COC1=CC(C)=NCC1CN. The van der Waals surface area contributed by atoms with Gasteiger partial charge in [0.25, 0.3) is 0 Å². The van der Waals surface area contributed by atoms with Crippen molar-refractivity contribution in [1.82, 2.24) is 0 Å². The Hall–Kier alpha value is -0.830. The summed E-state index contributed by atoms with van der Waals surface area (Å²) in [5, 5.41) is 0. The normalized spacial score (nSPS) is 24.1. The Kier molecular flexibility index (Phi) is 2.65. The van der Waals surface area contributed by atoms with Crippen LogP contribution >= 0.6 is 0 Å². The predicted octanol–water partition coefficient (Wildman–Crippen LogP) is 0.566. The zero-order valence-electron chi connectivity index (χ0n) is 7.00. The minimum atomic E-state index is 0.281. The minimum absolute atomic E-state index is 0.281. The Balaban J connectivity index is 2.71. The van der Waals surface area contributed by atoms with Crippen LogP contribution in [0.3, 0.4) is 0 Å². The highest BCUT2D eigenvalue weighted by Gasteiger charge is 2.16. The van der Waals surface area contributed by atoms with Gasteiger partial charge in [-0.05, 0) is 13.0 Å². The maximum absolute atomic E-state index is 5.52. The average molecular weight is 154 g/mol. The molecule has 0 amide bonds. The number of rotatable bonds is 2. The van der Waals surface area contributed by atoms with Gasteiger partial charge in [-0.15, -0.1) is 0 Å². The predicted molar refractivity (Wildman–Crippen MR) is 45.6 cm³/mol. The van der Waals surface area contributed by atoms with Gasteiger partial charge in [0.05, 0.1) is 13.7 Å². The van der Waals surface area contributed by atoms with Crippen LogP contribution in [-0.2, 0) is 4.74 Å². The zero-order valence-corrected chi connectivity index (χ0v) is 7.00. The number of aliphatic imine (C=N–C) groups is 1. The molecule has 3 nitrogen and oxygen atoms in total. The number of hydrogen-bond donors (Lipinski definition) is 1. The molecule has 1 heterocycles. The third-order valence-corrected chi connectivity index (χ3v) is 1.83. The van der Waals surface area contributed by atoms with Crippen LogP contribution in [-0.4, -0.2) is 25.9 Å². The topological polar surface area (TPSA) is 47.6 Å². The van der Waals surface area contributed by atoms with Gasteiger partial charge >= 0.3 is 0 Å². The molecule has 1 aliphatic heterocycles. The Bertz CT molecular complexity index is 196. The standard InChI is InChI=1S/C8H14N2O/c1-6-3-8(11-2)7(4-9)5-10-6/h3,7H,4-5,9H2,1-2H3. The van der Waals surface area contributed by atoms with Crippen LogP contribution in [0.4, 0.5) is 0 Å². The first-order valence-corrected chi connectivity index (χ1v) is 3.74. The van der Waals surface area contributed by atoms with E-state index in [4.69, 9.17) is 10.5 Å². The molecule has 0 aromatic rings. The van der Waals surface area contributed by atoms with Crippen molar-refractivity contribution in [3.8, 4) is 0 Å². The first-order chi connectivity index (χ1) is 5.27. The van der Waals surface area contributed by atoms with Gasteiger partial charge in [-0.1, -0.05) is 0 Å². The summed E-state index contributed by atoms with van der Waals surface area (Å²) in [6.07, 6.45) is 1.95. The smallest absolute Gasteiger partial charge is 0.103 e. The molecule has 0 spiro atoms. The molecule has 1 unspecified atom stereocenters. The lowest BCUT2D eigenvalue weighted by Gasteiger charge is -2.19. The molecule has 1 atom stereocenters. The fourth-order valence-electron chi connectivity index (χ4n) is 1.13. The largest absolute Gasteiger partial charge is 0.501 e. The molecule has 0 saturated carbocycles. The van der Waals surface area contributed by atoms with Crippen molar-refractivity contribution in [2.75, 3.05) is 20.2 Å². The lowest BCUT2D eigenvalue weighted by Crippen LogP contribution is -2.24. The van der Waals surface area contributed by atoms with Crippen LogP contribution in [0.15, 0.2) is 16.8 Å². The van der Waals surface area contributed by atoms with E-state index in [-0.39, 0.29) is 5.92 Å². The number of nitrogens with zero attached hydrogens (tertiary/aromatic N) is 1. The third kappa shape index (κ3) is 1.80. The van der Waals surface area contributed by atoms with Gasteiger partial charge in [0.1, 0.15) is 5.76 Å². The van der Waals surface area contributed by atoms with Gasteiger partial charge in [0.15, 0.2) is 0 Å². The summed E-state index contributed by atoms with van der Waals surface area (Å²) in [6.45, 7) is 3.34. The summed E-state index contributed by atoms with van der Waals surface area (Å²) in [6, 6.07) is 0. The van der Waals surface area contributed by atoms with Gasteiger partial charge in [0.2, 0.25) is 0 Å². The zero-order chi connectivity index (χ0) is 8.27. The van der Waals surface area contributed by atoms with Crippen molar-refractivity contribution in [3.05, 3.63) is 11.8 Å². The molecule has 0 aromatic heterocycles. The molecule has 0 bridgehead atoms. The molecule has 3 heteroatoms. The Labute approximate surface area is 66.9 Å². The van der Waals surface area contributed by atoms with Crippen LogP contribution in [0.5, 0.6) is 0 Å². The lowest BCUT2D eigenvalue weighted by molar-refractivity contribution is 0.244. The Morgan fingerprint density at radius 1 is 1.82 bits per heavy atom. The van der Waals surface area contributed by atoms with Gasteiger partial charge < -0.3 is 10.5 Å². The van der Waals surface area contributed by atoms with E-state index in [9.17, 15) is 0 Å². The first kappa shape index (κ1) is 8.27. The summed E-state index contributed by atoms with van der Waals surface area (Å²) in [7, 11) is 1.67. The summed E-state index contributed by atoms with van der Waals surface area (Å²) in [4.78, 5) is 4.26. The summed E-state index contributed by atoms with van der Waals surface area (Å²) >= 11 is 0. The van der Waals surface area contributed by atoms with E-state index < -0.39 is 0 Å². The van der Waals surface area contributed by atoms with Crippen LogP contribution in [0.25, 0.3) is 0 Å². The van der Waals surface area contributed by atoms with Crippen molar-refractivity contribution >= 4 is 5.71 Å². The molecular weight excluding hydrogens is 140 g/mol. The fraction of sp³-hybridized carbons (Fsp3) is 0.625. The summed E-state index contributed by atoms with van der Waals surface area (Å²) < 4.78 is 5.17. The van der Waals surface area contributed by atoms with Gasteiger partial charge in [-0.25, -0.2) is 0 Å². The maximum atomic E-state index is 5.52. The molecule has 1 aliphatic rings. The lowest BCUT2D eigenvalue weighted by atomic mass is 10.0. The molecule has 11 heavy (non-hydrogen) atoms. The second kappa shape index (κ2) is 3.53. The third-order valence-electron chi connectivity index (χ3n) is 1.83. The number of hydrogen-bond acceptors (Lipinski definition) is 3. The van der Waals surface area contributed by atoms with E-state index in [1.165, 1.54) is 0 Å². The molecule has 62 valence electrons. The Morgan fingerprint density at radius 3 is 3.09 bits per heavy atom. The molecule has 0 fully saturated rings.